The van der Waals surface area contributed by atoms with Gasteiger partial charge in [0.25, 0.3) is 11.4 Å². The molecule has 0 aliphatic carbocycles. The van der Waals surface area contributed by atoms with E-state index in [1.807, 2.05) is 51.1 Å². The second-order valence-corrected chi connectivity index (χ2v) is 21.2. The van der Waals surface area contributed by atoms with Gasteiger partial charge in [-0.2, -0.15) is 0 Å². The molecular formula is C45H77N7O14S3. The number of hydrogen-bond acceptors (Lipinski definition) is 16. The molecule has 0 spiro atoms. The lowest BCUT2D eigenvalue weighted by Crippen LogP contribution is -2.43. The number of nitrogens with zero attached hydrogens (tertiary/aromatic N) is 4. The van der Waals surface area contributed by atoms with Crippen molar-refractivity contribution < 1.29 is 54.6 Å². The van der Waals surface area contributed by atoms with Gasteiger partial charge in [0.05, 0.1) is 44.4 Å². The molecule has 0 saturated carbocycles. The van der Waals surface area contributed by atoms with Crippen molar-refractivity contribution in [1.82, 2.24) is 15.1 Å². The molecule has 69 heavy (non-hydrogen) atoms. The van der Waals surface area contributed by atoms with Gasteiger partial charge in [-0.15, -0.1) is 0 Å². The Morgan fingerprint density at radius 3 is 1.04 bits per heavy atom. The highest BCUT2D eigenvalue weighted by molar-refractivity contribution is 7.92. The number of carbonyl (C=O) groups excluding carboxylic acids is 2. The lowest BCUT2D eigenvalue weighted by molar-refractivity contribution is -0.385. The van der Waals surface area contributed by atoms with E-state index >= 15 is 0 Å². The molecule has 24 heteroatoms. The van der Waals surface area contributed by atoms with Gasteiger partial charge in [0.2, 0.25) is 11.8 Å². The zero-order valence-corrected chi connectivity index (χ0v) is 40.2. The van der Waals surface area contributed by atoms with Gasteiger partial charge in [-0.3, -0.25) is 40.5 Å². The number of nitrogens with one attached hydrogen (secondary N) is 2. The second kappa shape index (κ2) is 39.3. The molecule has 394 valence electrons. The van der Waals surface area contributed by atoms with E-state index in [9.17, 15) is 59.9 Å². The van der Waals surface area contributed by atoms with Crippen LogP contribution in [0.1, 0.15) is 81.6 Å². The van der Waals surface area contributed by atoms with E-state index in [2.05, 4.69) is 10.7 Å². The SMILES string of the molecule is C.C.C.CCCC(=O)N1CCS(=O)(=O)CC1.CCCC(=O)N1CCS(=O)(=O)CC1.CCCC(=O)O.NNc1ccccc1.O=S1(=O)CCNCC1.O=[N+]([O-])c1ccccc1.O=[N+]([O-])c1ccccc1. The first-order valence-corrected chi connectivity index (χ1v) is 26.6. The van der Waals surface area contributed by atoms with Crippen LogP contribution in [0.2, 0.25) is 0 Å². The van der Waals surface area contributed by atoms with Crippen molar-refractivity contribution in [2.75, 3.05) is 79.2 Å². The van der Waals surface area contributed by atoms with Crippen molar-refractivity contribution >= 4 is 64.4 Å². The van der Waals surface area contributed by atoms with Crippen molar-refractivity contribution in [2.45, 2.75) is 81.6 Å². The van der Waals surface area contributed by atoms with Crippen molar-refractivity contribution in [1.29, 1.82) is 0 Å². The summed E-state index contributed by atoms with van der Waals surface area (Å²) in [6, 6.07) is 25.5. The zero-order chi connectivity index (χ0) is 50.0. The number of sulfone groups is 3. The maximum atomic E-state index is 11.3. The maximum Gasteiger partial charge on any atom is 0.303 e. The first kappa shape index (κ1) is 70.0. The van der Waals surface area contributed by atoms with Gasteiger partial charge in [-0.1, -0.05) is 97.6 Å². The van der Waals surface area contributed by atoms with Crippen LogP contribution in [0.15, 0.2) is 91.0 Å². The number of nitro groups is 2. The molecule has 0 atom stereocenters. The third-order valence-electron chi connectivity index (χ3n) is 8.84. The van der Waals surface area contributed by atoms with Gasteiger partial charge >= 0.3 is 5.97 Å². The smallest absolute Gasteiger partial charge is 0.303 e. The Hall–Kier alpha value is -5.56. The fourth-order valence-corrected chi connectivity index (χ4v) is 8.71. The molecule has 21 nitrogen and oxygen atoms in total. The maximum absolute atomic E-state index is 11.3. The van der Waals surface area contributed by atoms with Gasteiger partial charge in [-0.25, -0.2) is 25.3 Å². The molecule has 3 heterocycles. The summed E-state index contributed by atoms with van der Waals surface area (Å²) in [4.78, 5) is 54.7. The van der Waals surface area contributed by atoms with E-state index in [1.54, 1.807) is 46.2 Å². The summed E-state index contributed by atoms with van der Waals surface area (Å²) in [6.07, 6.45) is 3.72. The Kier molecular flexibility index (Phi) is 39.9. The molecule has 6 rings (SSSR count). The number of non-ortho nitro benzene ring substituents is 2. The Morgan fingerprint density at radius 2 is 0.855 bits per heavy atom. The third-order valence-corrected chi connectivity index (χ3v) is 13.7. The summed E-state index contributed by atoms with van der Waals surface area (Å²) in [7, 11) is -8.36. The normalized spacial score (nSPS) is 15.3. The van der Waals surface area contributed by atoms with Crippen LogP contribution in [-0.2, 0) is 43.9 Å². The number of carbonyl (C=O) groups is 3. The van der Waals surface area contributed by atoms with Crippen LogP contribution in [0.4, 0.5) is 17.1 Å². The summed E-state index contributed by atoms with van der Waals surface area (Å²) in [5.41, 5.74) is 3.74. The van der Waals surface area contributed by atoms with E-state index in [1.165, 1.54) is 24.3 Å². The van der Waals surface area contributed by atoms with Crippen molar-refractivity contribution in [3.63, 3.8) is 0 Å². The highest BCUT2D eigenvalue weighted by atomic mass is 32.2. The molecule has 3 fully saturated rings. The predicted molar refractivity (Wildman–Crippen MR) is 275 cm³/mol. The quantitative estimate of drug-likeness (QED) is 0.108. The van der Waals surface area contributed by atoms with Crippen LogP contribution in [0.5, 0.6) is 0 Å². The number of nitrogens with two attached hydrogens (primary N) is 1. The number of hydrogen-bond donors (Lipinski definition) is 4. The topological polar surface area (TPSA) is 317 Å². The molecule has 3 aliphatic heterocycles. The Morgan fingerprint density at radius 1 is 0.565 bits per heavy atom. The lowest BCUT2D eigenvalue weighted by atomic mass is 10.3. The zero-order valence-electron chi connectivity index (χ0n) is 37.7. The average molecular weight is 1040 g/mol. The van der Waals surface area contributed by atoms with E-state index in [4.69, 9.17) is 10.9 Å². The van der Waals surface area contributed by atoms with Gasteiger partial charge in [0.15, 0.2) is 29.5 Å². The summed E-state index contributed by atoms with van der Waals surface area (Å²) in [6.45, 7) is 8.49. The molecule has 3 saturated heterocycles. The highest BCUT2D eigenvalue weighted by Crippen LogP contribution is 2.09. The van der Waals surface area contributed by atoms with Crippen LogP contribution < -0.4 is 16.6 Å². The number of hydrazine groups is 1. The molecule has 0 aromatic heterocycles. The number of nitro benzene ring substituents is 2. The molecule has 2 amide bonds. The number of anilines is 1. The number of para-hydroxylation sites is 3. The van der Waals surface area contributed by atoms with Gasteiger partial charge < -0.3 is 25.6 Å². The van der Waals surface area contributed by atoms with Crippen LogP contribution >= 0.6 is 0 Å². The number of benzene rings is 3. The number of carboxylic acids is 1. The molecule has 3 aromatic carbocycles. The number of nitrogen functional groups attached to an aromatic ring is 1. The standard InChI is InChI=1S/2C8H15NO3S.C6H8N2.2C6H5NO2.C4H9NO2S.C4H8O2.3CH4/c2*1-2-3-8(10)9-4-6-13(11,12)7-5-9;7-8-6-4-2-1-3-5-6;2*8-7(9)6-4-2-1-3-5-6;6-8(7)3-1-5-2-4-8;1-2-3-4(5)6;;;/h2*2-7H2,1H3;1-5,8H,7H2;2*1-5H;5H,1-4H2;2-3H2,1H3,(H,5,6);3*1H4. The second-order valence-electron chi connectivity index (χ2n) is 14.3. The van der Waals surface area contributed by atoms with Crippen molar-refractivity contribution in [3.05, 3.63) is 111 Å². The van der Waals surface area contributed by atoms with Gasteiger partial charge in [0, 0.05) is 88.5 Å². The Labute approximate surface area is 410 Å². The van der Waals surface area contributed by atoms with E-state index in [-0.39, 0.29) is 68.5 Å². The number of amides is 2. The van der Waals surface area contributed by atoms with Crippen molar-refractivity contribution in [2.24, 2.45) is 5.84 Å². The fourth-order valence-electron chi connectivity index (χ4n) is 5.20. The van der Waals surface area contributed by atoms with Crippen LogP contribution in [0, 0.1) is 20.2 Å². The minimum Gasteiger partial charge on any atom is -0.481 e. The molecule has 0 unspecified atom stereocenters. The average Bonchev–Trinajstić information content (AvgIpc) is 3.28. The fraction of sp³-hybridized carbons (Fsp3) is 0.533. The lowest BCUT2D eigenvalue weighted by Gasteiger charge is -2.26. The van der Waals surface area contributed by atoms with Crippen LogP contribution in [-0.4, -0.2) is 142 Å². The molecule has 3 aromatic rings. The molecule has 5 N–H and O–H groups in total. The Bertz CT molecular complexity index is 2060. The van der Waals surface area contributed by atoms with Crippen molar-refractivity contribution in [3.8, 4) is 0 Å². The number of aliphatic carboxylic acids is 1. The Balaban J connectivity index is -0.000000359. The van der Waals surface area contributed by atoms with E-state index in [0.717, 1.165) is 24.9 Å². The summed E-state index contributed by atoms with van der Waals surface area (Å²) in [5.74, 6) is 5.69. The van der Waals surface area contributed by atoms with E-state index < -0.39 is 45.3 Å². The summed E-state index contributed by atoms with van der Waals surface area (Å²) < 4.78 is 65.4. The minimum absolute atomic E-state index is 0. The minimum atomic E-state index is -2.86. The molecule has 0 radical (unpaired) electrons. The number of carboxylic acid groups (broad SMARTS) is 1. The largest absolute Gasteiger partial charge is 0.481 e. The molecule has 0 bridgehead atoms. The van der Waals surface area contributed by atoms with Crippen LogP contribution in [0.25, 0.3) is 0 Å². The highest BCUT2D eigenvalue weighted by Gasteiger charge is 2.25. The van der Waals surface area contributed by atoms with E-state index in [0.29, 0.717) is 70.0 Å². The molecular weight excluding hydrogens is 959 g/mol. The van der Waals surface area contributed by atoms with Crippen LogP contribution in [0.3, 0.4) is 0 Å². The summed E-state index contributed by atoms with van der Waals surface area (Å²) in [5, 5.41) is 30.9. The summed E-state index contributed by atoms with van der Waals surface area (Å²) >= 11 is 0. The number of rotatable bonds is 9. The van der Waals surface area contributed by atoms with Gasteiger partial charge in [-0.05, 0) is 31.4 Å². The molecule has 3 aliphatic rings. The monoisotopic (exact) mass is 1040 g/mol. The van der Waals surface area contributed by atoms with Gasteiger partial charge in [0.1, 0.15) is 0 Å². The first-order valence-electron chi connectivity index (χ1n) is 21.1. The third kappa shape index (κ3) is 36.1. The first-order chi connectivity index (χ1) is 31.1. The predicted octanol–water partition coefficient (Wildman–Crippen LogP) is 6.03.